The lowest BCUT2D eigenvalue weighted by atomic mass is 9.86. The summed E-state index contributed by atoms with van der Waals surface area (Å²) in [6.45, 7) is 7.98. The minimum atomic E-state index is 0.373. The smallest absolute Gasteiger partial charge is 0.213 e. The first-order chi connectivity index (χ1) is 37.5. The number of rotatable bonds is 8. The number of aromatic nitrogens is 2. The van der Waals surface area contributed by atoms with E-state index in [-0.39, 0.29) is 0 Å². The Bertz CT molecular complexity index is 3350. The number of benzene rings is 8. The average Bonchev–Trinajstić information content (AvgIpc) is 3.47. The van der Waals surface area contributed by atoms with Crippen LogP contribution in [-0.4, -0.2) is 52.9 Å². The SMILES string of the molecule is CCCOc1c2cccc1Cc1cc(-c3c4ccccc4[n+](C)c4ccccc34)cc3c1OCCOCCOCCOc1c(cc(-c4c5ccccc5[n+](C)c5ccccc45)cc1Cc1cccc(c1OCCC)C3)C2. The summed E-state index contributed by atoms with van der Waals surface area (Å²) in [5.74, 6) is 3.54. The van der Waals surface area contributed by atoms with Gasteiger partial charge in [0.2, 0.25) is 22.1 Å². The number of pyridine rings is 2. The third-order valence-corrected chi connectivity index (χ3v) is 15.3. The maximum absolute atomic E-state index is 7.11. The minimum absolute atomic E-state index is 0.373. The molecule has 0 fully saturated rings. The summed E-state index contributed by atoms with van der Waals surface area (Å²) in [7, 11) is 4.34. The number of para-hydroxylation sites is 6. The first kappa shape index (κ1) is 49.1. The van der Waals surface area contributed by atoms with E-state index in [1.54, 1.807) is 0 Å². The molecule has 0 radical (unpaired) electrons. The Kier molecular flexibility index (Phi) is 14.1. The van der Waals surface area contributed by atoms with Crippen molar-refractivity contribution < 1.29 is 37.6 Å². The van der Waals surface area contributed by atoms with Crippen molar-refractivity contribution in [1.29, 1.82) is 0 Å². The molecule has 2 aromatic heterocycles. The third-order valence-electron chi connectivity index (χ3n) is 15.3. The van der Waals surface area contributed by atoms with Gasteiger partial charge in [0, 0.05) is 61.1 Å². The molecule has 2 aliphatic rings. The normalized spacial score (nSPS) is 14.1. The van der Waals surface area contributed by atoms with Crippen LogP contribution in [0.3, 0.4) is 0 Å². The maximum Gasteiger partial charge on any atom is 0.213 e. The Balaban J connectivity index is 1.16. The second-order valence-electron chi connectivity index (χ2n) is 20.3. The van der Waals surface area contributed by atoms with Gasteiger partial charge in [-0.05, 0) is 117 Å². The van der Waals surface area contributed by atoms with E-state index in [0.717, 1.165) is 91.5 Å². The van der Waals surface area contributed by atoms with Crippen LogP contribution < -0.4 is 28.1 Å². The van der Waals surface area contributed by atoms with Crippen LogP contribution in [0.1, 0.15) is 71.2 Å². The van der Waals surface area contributed by atoms with Gasteiger partial charge in [-0.2, -0.15) is 9.13 Å². The summed E-state index contributed by atoms with van der Waals surface area (Å²) < 4.78 is 45.3. The van der Waals surface area contributed by atoms with Crippen molar-refractivity contribution >= 4 is 43.6 Å². The molecular formula is C68H66N2O6+2. The van der Waals surface area contributed by atoms with Gasteiger partial charge in [0.15, 0.2) is 0 Å². The molecule has 10 aromatic rings. The van der Waals surface area contributed by atoms with Gasteiger partial charge in [-0.25, -0.2) is 0 Å². The van der Waals surface area contributed by atoms with Crippen LogP contribution in [0.25, 0.3) is 65.9 Å². The lowest BCUT2D eigenvalue weighted by Gasteiger charge is -2.24. The van der Waals surface area contributed by atoms with Gasteiger partial charge < -0.3 is 28.4 Å². The molecule has 1 aliphatic heterocycles. The van der Waals surface area contributed by atoms with Crippen molar-refractivity contribution in [3.05, 3.63) is 202 Å². The van der Waals surface area contributed by atoms with Crippen LogP contribution in [0.2, 0.25) is 0 Å². The van der Waals surface area contributed by atoms with Crippen molar-refractivity contribution in [1.82, 2.24) is 0 Å². The fourth-order valence-corrected chi connectivity index (χ4v) is 11.9. The second kappa shape index (κ2) is 21.8. The van der Waals surface area contributed by atoms with Crippen molar-refractivity contribution in [3.63, 3.8) is 0 Å². The van der Waals surface area contributed by atoms with Crippen LogP contribution >= 0.6 is 0 Å². The highest BCUT2D eigenvalue weighted by Gasteiger charge is 2.27. The zero-order valence-corrected chi connectivity index (χ0v) is 44.3. The molecule has 8 heteroatoms. The van der Waals surface area contributed by atoms with Crippen LogP contribution in [0.15, 0.2) is 158 Å². The summed E-state index contributed by atoms with van der Waals surface area (Å²) in [5.41, 5.74) is 18.1. The van der Waals surface area contributed by atoms with Gasteiger partial charge in [0.05, 0.1) is 61.2 Å². The van der Waals surface area contributed by atoms with Crippen LogP contribution in [-0.2, 0) is 49.3 Å². The van der Waals surface area contributed by atoms with Crippen LogP contribution in [0.5, 0.6) is 23.0 Å². The number of ether oxygens (including phenoxy) is 6. The predicted octanol–water partition coefficient (Wildman–Crippen LogP) is 13.3. The monoisotopic (exact) mass is 1010 g/mol. The second-order valence-corrected chi connectivity index (χ2v) is 20.3. The molecule has 0 atom stereocenters. The molecule has 0 N–H and O–H groups in total. The topological polar surface area (TPSA) is 63.1 Å². The maximum atomic E-state index is 7.11. The zero-order valence-electron chi connectivity index (χ0n) is 44.3. The van der Waals surface area contributed by atoms with E-state index < -0.39 is 0 Å². The van der Waals surface area contributed by atoms with Crippen molar-refractivity contribution in [2.24, 2.45) is 14.1 Å². The minimum Gasteiger partial charge on any atom is -0.493 e. The van der Waals surface area contributed by atoms with Crippen LogP contribution in [0.4, 0.5) is 0 Å². The van der Waals surface area contributed by atoms with Gasteiger partial charge in [-0.1, -0.05) is 98.8 Å². The Hall–Kier alpha value is -7.78. The van der Waals surface area contributed by atoms with E-state index in [1.807, 2.05) is 0 Å². The molecule has 382 valence electrons. The van der Waals surface area contributed by atoms with Crippen molar-refractivity contribution in [2.75, 3.05) is 52.9 Å². The van der Waals surface area contributed by atoms with E-state index in [0.29, 0.717) is 78.5 Å². The summed E-state index contributed by atoms with van der Waals surface area (Å²) in [6.07, 6.45) is 4.02. The Morgan fingerprint density at radius 1 is 0.368 bits per heavy atom. The quantitative estimate of drug-likeness (QED) is 0.112. The number of fused-ring (bicyclic) bond motifs is 6. The number of hydrogen-bond acceptors (Lipinski definition) is 6. The number of hydrogen-bond donors (Lipinski definition) is 0. The molecule has 3 heterocycles. The first-order valence-corrected chi connectivity index (χ1v) is 27.3. The van der Waals surface area contributed by atoms with Gasteiger partial charge in [-0.15, -0.1) is 0 Å². The first-order valence-electron chi connectivity index (χ1n) is 27.3. The van der Waals surface area contributed by atoms with E-state index in [2.05, 4.69) is 195 Å². The highest BCUT2D eigenvalue weighted by Crippen LogP contribution is 2.45. The number of aryl methyl sites for hydroxylation is 2. The molecule has 0 unspecified atom stereocenters. The molecule has 1 aliphatic carbocycles. The molecule has 0 spiro atoms. The Morgan fingerprint density at radius 3 is 0.987 bits per heavy atom. The van der Waals surface area contributed by atoms with E-state index in [4.69, 9.17) is 28.4 Å². The zero-order chi connectivity index (χ0) is 51.5. The average molecular weight is 1010 g/mol. The molecule has 76 heavy (non-hydrogen) atoms. The molecular weight excluding hydrogens is 941 g/mol. The summed E-state index contributed by atoms with van der Waals surface area (Å²) in [6, 6.07) is 58.0. The van der Waals surface area contributed by atoms with Gasteiger partial charge in [0.25, 0.3) is 0 Å². The fraction of sp³-hybridized carbons (Fsp3) is 0.265. The predicted molar refractivity (Wildman–Crippen MR) is 304 cm³/mol. The van der Waals surface area contributed by atoms with Crippen molar-refractivity contribution in [3.8, 4) is 45.3 Å². The summed E-state index contributed by atoms with van der Waals surface area (Å²) in [5, 5.41) is 4.76. The third kappa shape index (κ3) is 9.39. The fourth-order valence-electron chi connectivity index (χ4n) is 11.9. The largest absolute Gasteiger partial charge is 0.493 e. The highest BCUT2D eigenvalue weighted by molar-refractivity contribution is 6.08. The summed E-state index contributed by atoms with van der Waals surface area (Å²) >= 11 is 0. The molecule has 8 nitrogen and oxygen atoms in total. The summed E-state index contributed by atoms with van der Waals surface area (Å²) in [4.78, 5) is 0. The Morgan fingerprint density at radius 2 is 0.671 bits per heavy atom. The molecule has 0 saturated carbocycles. The molecule has 10 bridgehead atoms. The van der Waals surface area contributed by atoms with Gasteiger partial charge in [0.1, 0.15) is 50.3 Å². The number of nitrogens with zero attached hydrogens (tertiary/aromatic N) is 2. The molecule has 8 aromatic carbocycles. The Labute approximate surface area is 446 Å². The van der Waals surface area contributed by atoms with Crippen molar-refractivity contribution in [2.45, 2.75) is 52.4 Å². The van der Waals surface area contributed by atoms with Gasteiger partial charge in [-0.3, -0.25) is 0 Å². The van der Waals surface area contributed by atoms with E-state index in [9.17, 15) is 0 Å². The molecule has 0 amide bonds. The van der Waals surface area contributed by atoms with E-state index >= 15 is 0 Å². The van der Waals surface area contributed by atoms with Gasteiger partial charge >= 0.3 is 0 Å². The highest BCUT2D eigenvalue weighted by atomic mass is 16.6. The lowest BCUT2D eigenvalue weighted by molar-refractivity contribution is -0.617. The van der Waals surface area contributed by atoms with E-state index in [1.165, 1.54) is 54.7 Å². The molecule has 12 rings (SSSR count). The molecule has 0 saturated heterocycles. The standard InChI is InChI=1S/C68H66N2O6/c1-5-29-73-65-45-17-15-18-46(65)38-52-42-50(64-57-23-9-13-27-61(57)70(4)62-28-14-10-24-58(62)64)44-54-40-48-20-16-19-47(66(48)74-30-6-2)39-53-43-49(63-55-21-7-11-25-59(55)69(3)60-26-12-8-22-56(60)63)41-51(37-45)67(53)75-35-33-71-31-32-72-34-36-76-68(52)54/h7-28,41-44H,5-6,29-40H2,1-4H3/q+2. The lowest BCUT2D eigenvalue weighted by Crippen LogP contribution is -2.30. The van der Waals surface area contributed by atoms with Crippen LogP contribution in [0, 0.1) is 0 Å².